The van der Waals surface area contributed by atoms with Crippen LogP contribution in [0.3, 0.4) is 0 Å². The van der Waals surface area contributed by atoms with Gasteiger partial charge in [-0.1, -0.05) is 0 Å². The fourth-order valence-corrected chi connectivity index (χ4v) is 3.18. The van der Waals surface area contributed by atoms with E-state index in [0.29, 0.717) is 5.41 Å². The number of likely N-dealkylation sites (tertiary alicyclic amines) is 1. The van der Waals surface area contributed by atoms with Gasteiger partial charge >= 0.3 is 6.09 Å². The maximum Gasteiger partial charge on any atom is 0.410 e. The van der Waals surface area contributed by atoms with Gasteiger partial charge in [-0.3, -0.25) is 0 Å². The third-order valence-electron chi connectivity index (χ3n) is 4.13. The predicted octanol–water partition coefficient (Wildman–Crippen LogP) is 2.37. The minimum atomic E-state index is -0.401. The summed E-state index contributed by atoms with van der Waals surface area (Å²) in [5.41, 5.74) is 5.60. The van der Waals surface area contributed by atoms with Crippen LogP contribution < -0.4 is 5.73 Å². The van der Waals surface area contributed by atoms with Crippen molar-refractivity contribution in [2.24, 2.45) is 17.1 Å². The molecule has 2 atom stereocenters. The lowest BCUT2D eigenvalue weighted by Crippen LogP contribution is -2.44. The molecule has 1 spiro atoms. The van der Waals surface area contributed by atoms with Crippen LogP contribution in [0, 0.1) is 11.3 Å². The largest absolute Gasteiger partial charge is 0.444 e. The number of amides is 1. The molecule has 1 saturated carbocycles. The fraction of sp³-hybridized carbons (Fsp3) is 0.929. The third kappa shape index (κ3) is 2.97. The van der Waals surface area contributed by atoms with Crippen LogP contribution in [0.2, 0.25) is 0 Å². The number of carbonyl (C=O) groups is 1. The summed E-state index contributed by atoms with van der Waals surface area (Å²) in [6.45, 7) is 8.22. The molecule has 18 heavy (non-hydrogen) atoms. The van der Waals surface area contributed by atoms with Gasteiger partial charge in [0.15, 0.2) is 0 Å². The Labute approximate surface area is 110 Å². The predicted molar refractivity (Wildman–Crippen MR) is 71.3 cm³/mol. The summed E-state index contributed by atoms with van der Waals surface area (Å²) in [6, 6.07) is 0. The Morgan fingerprint density at radius 1 is 1.50 bits per heavy atom. The molecule has 104 valence electrons. The number of hydrogen-bond acceptors (Lipinski definition) is 3. The molecule has 4 heteroatoms. The second kappa shape index (κ2) is 4.72. The lowest BCUT2D eigenvalue weighted by Gasteiger charge is -2.35. The van der Waals surface area contributed by atoms with Gasteiger partial charge in [-0.2, -0.15) is 0 Å². The molecule has 0 radical (unpaired) electrons. The molecule has 0 aromatic rings. The average Bonchev–Trinajstić information content (AvgIpc) is 2.89. The number of hydrogen-bond donors (Lipinski definition) is 1. The van der Waals surface area contributed by atoms with E-state index in [1.165, 1.54) is 12.8 Å². The zero-order valence-electron chi connectivity index (χ0n) is 11.9. The highest BCUT2D eigenvalue weighted by molar-refractivity contribution is 5.68. The summed E-state index contributed by atoms with van der Waals surface area (Å²) in [7, 11) is 0. The molecule has 0 bridgehead atoms. The number of nitrogens with two attached hydrogens (primary N) is 1. The standard InChI is InChI=1S/C14H26N2O2/c1-13(2,3)18-12(17)16-8-4-6-14(10-16)9-11(14)5-7-15/h11H,4-10,15H2,1-3H3. The molecule has 4 nitrogen and oxygen atoms in total. The summed E-state index contributed by atoms with van der Waals surface area (Å²) in [6.07, 6.45) is 4.53. The van der Waals surface area contributed by atoms with Crippen LogP contribution in [0.25, 0.3) is 0 Å². The minimum absolute atomic E-state index is 0.153. The van der Waals surface area contributed by atoms with Crippen molar-refractivity contribution in [2.75, 3.05) is 19.6 Å². The summed E-state index contributed by atoms with van der Waals surface area (Å²) in [4.78, 5) is 14.0. The third-order valence-corrected chi connectivity index (χ3v) is 4.13. The van der Waals surface area contributed by atoms with E-state index < -0.39 is 5.60 Å². The maximum atomic E-state index is 12.1. The van der Waals surface area contributed by atoms with E-state index in [1.807, 2.05) is 25.7 Å². The lowest BCUT2D eigenvalue weighted by atomic mass is 9.91. The Balaban J connectivity index is 1.90. The quantitative estimate of drug-likeness (QED) is 0.823. The van der Waals surface area contributed by atoms with Gasteiger partial charge in [0, 0.05) is 13.1 Å². The normalized spacial score (nSPS) is 31.6. The van der Waals surface area contributed by atoms with Crippen LogP contribution in [0.1, 0.15) is 46.5 Å². The van der Waals surface area contributed by atoms with E-state index in [-0.39, 0.29) is 6.09 Å². The average molecular weight is 254 g/mol. The zero-order chi connectivity index (χ0) is 13.4. The van der Waals surface area contributed by atoms with E-state index in [1.54, 1.807) is 0 Å². The first-order valence-electron chi connectivity index (χ1n) is 7.04. The SMILES string of the molecule is CC(C)(C)OC(=O)N1CCCC2(CC2CCN)C1. The van der Waals surface area contributed by atoms with Crippen LogP contribution in [0.15, 0.2) is 0 Å². The Hall–Kier alpha value is -0.770. The van der Waals surface area contributed by atoms with Gasteiger partial charge < -0.3 is 15.4 Å². The molecule has 0 aromatic carbocycles. The first-order valence-corrected chi connectivity index (χ1v) is 7.04. The van der Waals surface area contributed by atoms with Crippen molar-refractivity contribution in [1.29, 1.82) is 0 Å². The summed E-state index contributed by atoms with van der Waals surface area (Å²) in [5.74, 6) is 0.729. The van der Waals surface area contributed by atoms with Gasteiger partial charge in [0.1, 0.15) is 5.60 Å². The molecule has 2 fully saturated rings. The smallest absolute Gasteiger partial charge is 0.410 e. The van der Waals surface area contributed by atoms with E-state index in [0.717, 1.165) is 38.4 Å². The van der Waals surface area contributed by atoms with Crippen molar-refractivity contribution in [2.45, 2.75) is 52.1 Å². The van der Waals surface area contributed by atoms with Gasteiger partial charge in [-0.05, 0) is 64.3 Å². The van der Waals surface area contributed by atoms with Crippen molar-refractivity contribution in [1.82, 2.24) is 4.90 Å². The fourth-order valence-electron chi connectivity index (χ4n) is 3.18. The highest BCUT2D eigenvalue weighted by Gasteiger charge is 2.55. The van der Waals surface area contributed by atoms with Gasteiger partial charge in [-0.15, -0.1) is 0 Å². The van der Waals surface area contributed by atoms with Crippen molar-refractivity contribution in [3.05, 3.63) is 0 Å². The van der Waals surface area contributed by atoms with Crippen LogP contribution in [-0.2, 0) is 4.74 Å². The number of piperidine rings is 1. The molecular weight excluding hydrogens is 228 g/mol. The van der Waals surface area contributed by atoms with Crippen LogP contribution in [-0.4, -0.2) is 36.2 Å². The summed E-state index contributed by atoms with van der Waals surface area (Å²) < 4.78 is 5.46. The number of ether oxygens (including phenoxy) is 1. The van der Waals surface area contributed by atoms with Gasteiger partial charge in [0.2, 0.25) is 0 Å². The molecule has 0 aromatic heterocycles. The Kier molecular flexibility index (Phi) is 3.58. The first-order chi connectivity index (χ1) is 8.36. The topological polar surface area (TPSA) is 55.6 Å². The van der Waals surface area contributed by atoms with E-state index in [2.05, 4.69) is 0 Å². The zero-order valence-corrected chi connectivity index (χ0v) is 11.9. The van der Waals surface area contributed by atoms with Gasteiger partial charge in [-0.25, -0.2) is 4.79 Å². The summed E-state index contributed by atoms with van der Waals surface area (Å²) >= 11 is 0. The van der Waals surface area contributed by atoms with Gasteiger partial charge in [0.05, 0.1) is 0 Å². The van der Waals surface area contributed by atoms with Crippen molar-refractivity contribution in [3.8, 4) is 0 Å². The molecule has 1 aliphatic heterocycles. The molecule has 2 N–H and O–H groups in total. The Morgan fingerprint density at radius 3 is 2.83 bits per heavy atom. The van der Waals surface area contributed by atoms with Crippen LogP contribution in [0.5, 0.6) is 0 Å². The van der Waals surface area contributed by atoms with Crippen LogP contribution >= 0.6 is 0 Å². The molecule has 2 aliphatic rings. The van der Waals surface area contributed by atoms with E-state index in [4.69, 9.17) is 10.5 Å². The van der Waals surface area contributed by atoms with E-state index >= 15 is 0 Å². The number of nitrogens with zero attached hydrogens (tertiary/aromatic N) is 1. The highest BCUT2D eigenvalue weighted by atomic mass is 16.6. The van der Waals surface area contributed by atoms with Crippen LogP contribution in [0.4, 0.5) is 4.79 Å². The van der Waals surface area contributed by atoms with E-state index in [9.17, 15) is 4.79 Å². The second-order valence-electron chi connectivity index (χ2n) is 6.85. The minimum Gasteiger partial charge on any atom is -0.444 e. The molecule has 1 amide bonds. The van der Waals surface area contributed by atoms with Crippen molar-refractivity contribution in [3.63, 3.8) is 0 Å². The maximum absolute atomic E-state index is 12.1. The molecule has 1 aliphatic carbocycles. The Bertz CT molecular complexity index is 324. The molecule has 2 unspecified atom stereocenters. The Morgan fingerprint density at radius 2 is 2.22 bits per heavy atom. The van der Waals surface area contributed by atoms with Crippen molar-refractivity contribution >= 4 is 6.09 Å². The first kappa shape index (κ1) is 13.7. The van der Waals surface area contributed by atoms with Gasteiger partial charge in [0.25, 0.3) is 0 Å². The molecular formula is C14H26N2O2. The molecule has 2 rings (SSSR count). The lowest BCUT2D eigenvalue weighted by molar-refractivity contribution is 0.0136. The van der Waals surface area contributed by atoms with Crippen molar-refractivity contribution < 1.29 is 9.53 Å². The second-order valence-corrected chi connectivity index (χ2v) is 6.85. The number of rotatable bonds is 2. The molecule has 1 saturated heterocycles. The molecule has 1 heterocycles. The number of carbonyl (C=O) groups excluding carboxylic acids is 1. The monoisotopic (exact) mass is 254 g/mol. The highest BCUT2D eigenvalue weighted by Crippen LogP contribution is 2.59. The summed E-state index contributed by atoms with van der Waals surface area (Å²) in [5, 5.41) is 0.